The Morgan fingerprint density at radius 2 is 1.44 bits per heavy atom. The molecule has 3 rings (SSSR count). The highest BCUT2D eigenvalue weighted by molar-refractivity contribution is 5.72. The van der Waals surface area contributed by atoms with Crippen LogP contribution in [0.1, 0.15) is 11.5 Å². The summed E-state index contributed by atoms with van der Waals surface area (Å²) in [6.45, 7) is 0. The van der Waals surface area contributed by atoms with E-state index >= 15 is 0 Å². The van der Waals surface area contributed by atoms with Crippen LogP contribution in [0.25, 0.3) is 22.4 Å². The number of benzene rings is 1. The van der Waals surface area contributed by atoms with E-state index in [1.165, 1.54) is 18.3 Å². The van der Waals surface area contributed by atoms with Crippen LogP contribution in [0, 0.1) is 0 Å². The number of halogens is 6. The monoisotopic (exact) mass is 357 g/mol. The van der Waals surface area contributed by atoms with Gasteiger partial charge in [-0.3, -0.25) is 4.98 Å². The third kappa shape index (κ3) is 3.52. The zero-order valence-electron chi connectivity index (χ0n) is 12.3. The summed E-state index contributed by atoms with van der Waals surface area (Å²) >= 11 is 0. The lowest BCUT2D eigenvalue weighted by Gasteiger charge is -2.08. The third-order valence-corrected chi connectivity index (χ3v) is 3.41. The van der Waals surface area contributed by atoms with Gasteiger partial charge in [0, 0.05) is 17.3 Å². The molecule has 8 heteroatoms. The molecule has 0 unspecified atom stereocenters. The molecule has 0 radical (unpaired) electrons. The van der Waals surface area contributed by atoms with Crippen LogP contribution in [0.2, 0.25) is 0 Å². The van der Waals surface area contributed by atoms with E-state index in [0.29, 0.717) is 17.3 Å². The molecule has 0 N–H and O–H groups in total. The SMILES string of the molecule is FC(F)(F)c1cc(-c2ccnc(-c3ccccc3)c2)c(C(F)(F)F)o1. The van der Waals surface area contributed by atoms with Gasteiger partial charge in [0.25, 0.3) is 0 Å². The van der Waals surface area contributed by atoms with Crippen molar-refractivity contribution in [1.82, 2.24) is 4.98 Å². The van der Waals surface area contributed by atoms with Gasteiger partial charge in [-0.05, 0) is 23.8 Å². The predicted molar refractivity (Wildman–Crippen MR) is 77.4 cm³/mol. The molecule has 0 aliphatic rings. The molecule has 3 aromatic rings. The number of pyridine rings is 1. The largest absolute Gasteiger partial charge is 0.450 e. The Balaban J connectivity index is 2.15. The molecule has 25 heavy (non-hydrogen) atoms. The summed E-state index contributed by atoms with van der Waals surface area (Å²) in [7, 11) is 0. The Bertz CT molecular complexity index is 880. The standard InChI is InChI=1S/C17H9F6NO/c18-16(19,20)14-9-12(15(25-14)17(21,22)23)11-6-7-24-13(8-11)10-4-2-1-3-5-10/h1-9H. The predicted octanol–water partition coefficient (Wildman–Crippen LogP) is 6.05. The van der Waals surface area contributed by atoms with Gasteiger partial charge < -0.3 is 4.42 Å². The zero-order chi connectivity index (χ0) is 18.2. The van der Waals surface area contributed by atoms with Gasteiger partial charge in [-0.2, -0.15) is 26.3 Å². The van der Waals surface area contributed by atoms with Gasteiger partial charge in [0.05, 0.1) is 5.69 Å². The number of furan rings is 1. The topological polar surface area (TPSA) is 26.0 Å². The molecule has 2 nitrogen and oxygen atoms in total. The van der Waals surface area contributed by atoms with Crippen molar-refractivity contribution in [2.24, 2.45) is 0 Å². The summed E-state index contributed by atoms with van der Waals surface area (Å²) in [5, 5.41) is 0. The number of hydrogen-bond acceptors (Lipinski definition) is 2. The van der Waals surface area contributed by atoms with Crippen molar-refractivity contribution in [1.29, 1.82) is 0 Å². The highest BCUT2D eigenvalue weighted by Gasteiger charge is 2.44. The van der Waals surface area contributed by atoms with Crippen LogP contribution in [0.4, 0.5) is 26.3 Å². The number of nitrogens with zero attached hydrogens (tertiary/aromatic N) is 1. The molecule has 0 amide bonds. The molecule has 0 aliphatic carbocycles. The highest BCUT2D eigenvalue weighted by Crippen LogP contribution is 2.43. The van der Waals surface area contributed by atoms with Crippen LogP contribution < -0.4 is 0 Å². The van der Waals surface area contributed by atoms with E-state index in [4.69, 9.17) is 0 Å². The maximum absolute atomic E-state index is 13.1. The van der Waals surface area contributed by atoms with Crippen LogP contribution in [0.5, 0.6) is 0 Å². The summed E-state index contributed by atoms with van der Waals surface area (Å²) in [5.41, 5.74) is 0.207. The van der Waals surface area contributed by atoms with Gasteiger partial charge in [-0.15, -0.1) is 0 Å². The first-order chi connectivity index (χ1) is 11.7. The van der Waals surface area contributed by atoms with E-state index < -0.39 is 29.4 Å². The average molecular weight is 357 g/mol. The molecular formula is C17H9F6NO. The molecule has 0 saturated heterocycles. The van der Waals surface area contributed by atoms with Crippen molar-refractivity contribution < 1.29 is 30.8 Å². The molecule has 130 valence electrons. The quantitative estimate of drug-likeness (QED) is 0.522. The Morgan fingerprint density at radius 3 is 2.04 bits per heavy atom. The smallest absolute Gasteiger partial charge is 0.446 e. The van der Waals surface area contributed by atoms with Gasteiger partial charge >= 0.3 is 12.4 Å². The highest BCUT2D eigenvalue weighted by atomic mass is 19.4. The second-order valence-corrected chi connectivity index (χ2v) is 5.14. The molecule has 0 spiro atoms. The lowest BCUT2D eigenvalue weighted by Crippen LogP contribution is -2.06. The second kappa shape index (κ2) is 5.94. The zero-order valence-corrected chi connectivity index (χ0v) is 12.3. The van der Waals surface area contributed by atoms with Crippen LogP contribution in [-0.4, -0.2) is 4.98 Å². The fraction of sp³-hybridized carbons (Fsp3) is 0.118. The summed E-state index contributed by atoms with van der Waals surface area (Å²) in [6, 6.07) is 11.4. The third-order valence-electron chi connectivity index (χ3n) is 3.41. The lowest BCUT2D eigenvalue weighted by molar-refractivity contribution is -0.170. The van der Waals surface area contributed by atoms with Crippen molar-refractivity contribution in [3.05, 3.63) is 66.2 Å². The van der Waals surface area contributed by atoms with Crippen molar-refractivity contribution in [3.63, 3.8) is 0 Å². The summed E-state index contributed by atoms with van der Waals surface area (Å²) in [4.78, 5) is 4.05. The van der Waals surface area contributed by atoms with E-state index in [-0.39, 0.29) is 5.56 Å². The number of aromatic nitrogens is 1. The number of hydrogen-bond donors (Lipinski definition) is 0. The summed E-state index contributed by atoms with van der Waals surface area (Å²) in [6.07, 6.45) is -8.85. The molecule has 1 aromatic carbocycles. The molecule has 2 heterocycles. The van der Waals surface area contributed by atoms with Gasteiger partial charge in [0.1, 0.15) is 0 Å². The van der Waals surface area contributed by atoms with Crippen molar-refractivity contribution in [2.45, 2.75) is 12.4 Å². The van der Waals surface area contributed by atoms with Gasteiger partial charge in [-0.1, -0.05) is 30.3 Å². The summed E-state index contributed by atoms with van der Waals surface area (Å²) < 4.78 is 81.6. The van der Waals surface area contributed by atoms with E-state index in [1.807, 2.05) is 0 Å². The molecular weight excluding hydrogens is 348 g/mol. The maximum atomic E-state index is 13.1. The Kier molecular flexibility index (Phi) is 4.06. The lowest BCUT2D eigenvalue weighted by atomic mass is 10.0. The first-order valence-corrected chi connectivity index (χ1v) is 6.96. The van der Waals surface area contributed by atoms with Gasteiger partial charge in [-0.25, -0.2) is 0 Å². The van der Waals surface area contributed by atoms with Crippen LogP contribution >= 0.6 is 0 Å². The minimum Gasteiger partial charge on any atom is -0.446 e. The fourth-order valence-electron chi connectivity index (χ4n) is 2.32. The first kappa shape index (κ1) is 17.1. The molecule has 2 aromatic heterocycles. The van der Waals surface area contributed by atoms with E-state index in [9.17, 15) is 26.3 Å². The molecule has 0 bridgehead atoms. The minimum atomic E-state index is -5.06. The van der Waals surface area contributed by atoms with Crippen LogP contribution in [0.15, 0.2) is 59.1 Å². The number of rotatable bonds is 2. The summed E-state index contributed by atoms with van der Waals surface area (Å²) in [5.74, 6) is -3.39. The molecule has 0 atom stereocenters. The maximum Gasteiger partial charge on any atom is 0.450 e. The fourth-order valence-corrected chi connectivity index (χ4v) is 2.32. The number of alkyl halides is 6. The Morgan fingerprint density at radius 1 is 0.760 bits per heavy atom. The van der Waals surface area contributed by atoms with E-state index in [0.717, 1.165) is 0 Å². The van der Waals surface area contributed by atoms with Gasteiger partial charge in [0.15, 0.2) is 0 Å². The van der Waals surface area contributed by atoms with Crippen molar-refractivity contribution in [2.75, 3.05) is 0 Å². The molecule has 0 aliphatic heterocycles. The Labute approximate surface area is 137 Å². The van der Waals surface area contributed by atoms with Crippen LogP contribution in [0.3, 0.4) is 0 Å². The van der Waals surface area contributed by atoms with E-state index in [2.05, 4.69) is 9.40 Å². The van der Waals surface area contributed by atoms with Crippen LogP contribution in [-0.2, 0) is 12.4 Å². The molecule has 0 fully saturated rings. The second-order valence-electron chi connectivity index (χ2n) is 5.14. The van der Waals surface area contributed by atoms with Crippen molar-refractivity contribution in [3.8, 4) is 22.4 Å². The molecule has 0 saturated carbocycles. The minimum absolute atomic E-state index is 0.0690. The average Bonchev–Trinajstić information content (AvgIpc) is 3.02. The normalized spacial score (nSPS) is 12.4. The first-order valence-electron chi connectivity index (χ1n) is 6.96. The van der Waals surface area contributed by atoms with E-state index in [1.54, 1.807) is 30.3 Å². The Hall–Kier alpha value is -2.77. The van der Waals surface area contributed by atoms with Gasteiger partial charge in [0.2, 0.25) is 11.5 Å². The van der Waals surface area contributed by atoms with Crippen molar-refractivity contribution >= 4 is 0 Å².